The van der Waals surface area contributed by atoms with Gasteiger partial charge in [-0.05, 0) is 54.6 Å². The SMILES string of the molecule is O=C(CNC(=O)c1cccc(Br)c1)N/N=C\c1ccccc1OC(=O)c1ccc(Cl)cc1. The molecule has 0 radical (unpaired) electrons. The summed E-state index contributed by atoms with van der Waals surface area (Å²) in [5.41, 5.74) is 3.57. The first-order valence-electron chi connectivity index (χ1n) is 9.35. The van der Waals surface area contributed by atoms with E-state index in [9.17, 15) is 14.4 Å². The van der Waals surface area contributed by atoms with Gasteiger partial charge in [0.1, 0.15) is 5.75 Å². The van der Waals surface area contributed by atoms with Gasteiger partial charge in [-0.25, -0.2) is 10.2 Å². The molecule has 3 aromatic rings. The van der Waals surface area contributed by atoms with Gasteiger partial charge in [-0.1, -0.05) is 45.7 Å². The molecule has 162 valence electrons. The fourth-order valence-corrected chi connectivity index (χ4v) is 3.06. The molecule has 0 bridgehead atoms. The van der Waals surface area contributed by atoms with Gasteiger partial charge in [0.2, 0.25) is 0 Å². The van der Waals surface area contributed by atoms with Crippen molar-refractivity contribution in [3.63, 3.8) is 0 Å². The first-order valence-corrected chi connectivity index (χ1v) is 10.5. The molecule has 2 amide bonds. The molecule has 0 spiro atoms. The highest BCUT2D eigenvalue weighted by Gasteiger charge is 2.11. The zero-order chi connectivity index (χ0) is 22.9. The van der Waals surface area contributed by atoms with E-state index in [1.165, 1.54) is 6.21 Å². The summed E-state index contributed by atoms with van der Waals surface area (Å²) < 4.78 is 6.18. The van der Waals surface area contributed by atoms with Crippen LogP contribution in [0.5, 0.6) is 5.75 Å². The van der Waals surface area contributed by atoms with Crippen LogP contribution in [0.2, 0.25) is 5.02 Å². The Morgan fingerprint density at radius 3 is 2.47 bits per heavy atom. The zero-order valence-electron chi connectivity index (χ0n) is 16.5. The standard InChI is InChI=1S/C23H17BrClN3O4/c24-18-6-3-5-16(12-18)22(30)26-14-21(29)28-27-13-17-4-1-2-7-20(17)32-23(31)15-8-10-19(25)11-9-15/h1-13H,14H2,(H,26,30)(H,28,29)/b27-13-. The first-order chi connectivity index (χ1) is 15.4. The number of rotatable bonds is 7. The number of hydrazone groups is 1. The van der Waals surface area contributed by atoms with Gasteiger partial charge in [-0.2, -0.15) is 5.10 Å². The van der Waals surface area contributed by atoms with Crippen molar-refractivity contribution in [3.05, 3.63) is 99.0 Å². The minimum atomic E-state index is -0.554. The van der Waals surface area contributed by atoms with E-state index in [4.69, 9.17) is 16.3 Å². The Bertz CT molecular complexity index is 1170. The van der Waals surface area contributed by atoms with Crippen molar-refractivity contribution in [2.24, 2.45) is 5.10 Å². The summed E-state index contributed by atoms with van der Waals surface area (Å²) in [6, 6.07) is 19.8. The zero-order valence-corrected chi connectivity index (χ0v) is 18.9. The fraction of sp³-hybridized carbons (Fsp3) is 0.0435. The van der Waals surface area contributed by atoms with Gasteiger partial charge in [0.25, 0.3) is 11.8 Å². The molecule has 32 heavy (non-hydrogen) atoms. The monoisotopic (exact) mass is 513 g/mol. The van der Waals surface area contributed by atoms with Gasteiger partial charge >= 0.3 is 5.97 Å². The number of halogens is 2. The third-order valence-corrected chi connectivity index (χ3v) is 4.84. The number of nitrogens with zero attached hydrogens (tertiary/aromatic N) is 1. The molecule has 0 heterocycles. The second kappa shape index (κ2) is 11.2. The molecule has 0 aliphatic rings. The first kappa shape index (κ1) is 23.2. The second-order valence-corrected chi connectivity index (χ2v) is 7.77. The largest absolute Gasteiger partial charge is 0.422 e. The van der Waals surface area contributed by atoms with E-state index in [1.54, 1.807) is 72.8 Å². The maximum absolute atomic E-state index is 12.3. The van der Waals surface area contributed by atoms with Gasteiger partial charge in [0.05, 0.1) is 18.3 Å². The van der Waals surface area contributed by atoms with Crippen molar-refractivity contribution >= 4 is 51.5 Å². The van der Waals surface area contributed by atoms with Crippen LogP contribution < -0.4 is 15.5 Å². The van der Waals surface area contributed by atoms with E-state index >= 15 is 0 Å². The molecule has 0 fully saturated rings. The van der Waals surface area contributed by atoms with Gasteiger partial charge in [-0.15, -0.1) is 0 Å². The minimum Gasteiger partial charge on any atom is -0.422 e. The van der Waals surface area contributed by atoms with Crippen LogP contribution in [-0.2, 0) is 4.79 Å². The lowest BCUT2D eigenvalue weighted by Gasteiger charge is -2.07. The molecular weight excluding hydrogens is 498 g/mol. The van der Waals surface area contributed by atoms with Crippen LogP contribution in [0.25, 0.3) is 0 Å². The van der Waals surface area contributed by atoms with Crippen LogP contribution >= 0.6 is 27.5 Å². The van der Waals surface area contributed by atoms with E-state index in [-0.39, 0.29) is 18.2 Å². The van der Waals surface area contributed by atoms with Crippen LogP contribution in [-0.4, -0.2) is 30.5 Å². The lowest BCUT2D eigenvalue weighted by molar-refractivity contribution is -0.120. The maximum Gasteiger partial charge on any atom is 0.343 e. The van der Waals surface area contributed by atoms with Crippen molar-refractivity contribution in [2.45, 2.75) is 0 Å². The Balaban J connectivity index is 1.55. The number of carbonyl (C=O) groups excluding carboxylic acids is 3. The molecule has 7 nitrogen and oxygen atoms in total. The Hall–Kier alpha value is -3.49. The number of hydrogen-bond donors (Lipinski definition) is 2. The van der Waals surface area contributed by atoms with Crippen molar-refractivity contribution in [1.82, 2.24) is 10.7 Å². The predicted octanol–water partition coefficient (Wildman–Crippen LogP) is 4.20. The number of ether oxygens (including phenoxy) is 1. The smallest absolute Gasteiger partial charge is 0.343 e. The maximum atomic E-state index is 12.3. The lowest BCUT2D eigenvalue weighted by Crippen LogP contribution is -2.34. The molecule has 0 aromatic heterocycles. The molecule has 9 heteroatoms. The van der Waals surface area contributed by atoms with Crippen LogP contribution in [0.3, 0.4) is 0 Å². The molecule has 0 aliphatic carbocycles. The highest BCUT2D eigenvalue weighted by molar-refractivity contribution is 9.10. The van der Waals surface area contributed by atoms with Crippen molar-refractivity contribution in [2.75, 3.05) is 6.54 Å². The third kappa shape index (κ3) is 6.76. The minimum absolute atomic E-state index is 0.254. The average Bonchev–Trinajstić information content (AvgIpc) is 2.79. The number of para-hydroxylation sites is 1. The second-order valence-electron chi connectivity index (χ2n) is 6.42. The van der Waals surface area contributed by atoms with Gasteiger partial charge < -0.3 is 10.1 Å². The highest BCUT2D eigenvalue weighted by Crippen LogP contribution is 2.18. The molecule has 0 atom stereocenters. The summed E-state index contributed by atoms with van der Waals surface area (Å²) in [6.45, 7) is -0.254. The third-order valence-electron chi connectivity index (χ3n) is 4.09. The summed E-state index contributed by atoms with van der Waals surface area (Å²) in [4.78, 5) is 36.4. The van der Waals surface area contributed by atoms with Crippen molar-refractivity contribution in [3.8, 4) is 5.75 Å². The summed E-state index contributed by atoms with van der Waals surface area (Å²) in [5, 5.41) is 6.89. The summed E-state index contributed by atoms with van der Waals surface area (Å²) in [7, 11) is 0. The normalized spacial score (nSPS) is 10.6. The number of amides is 2. The van der Waals surface area contributed by atoms with Crippen LogP contribution in [0.4, 0.5) is 0 Å². The Morgan fingerprint density at radius 1 is 0.969 bits per heavy atom. The average molecular weight is 515 g/mol. The molecule has 0 unspecified atom stereocenters. The molecule has 0 aliphatic heterocycles. The highest BCUT2D eigenvalue weighted by atomic mass is 79.9. The van der Waals surface area contributed by atoms with E-state index < -0.39 is 11.9 Å². The van der Waals surface area contributed by atoms with Crippen LogP contribution in [0.15, 0.2) is 82.4 Å². The molecule has 3 rings (SSSR count). The molecular formula is C23H17BrClN3O4. The van der Waals surface area contributed by atoms with Gasteiger partial charge in [0.15, 0.2) is 0 Å². The number of carbonyl (C=O) groups is 3. The molecule has 0 saturated heterocycles. The summed E-state index contributed by atoms with van der Waals surface area (Å²) in [5.74, 6) is -1.18. The molecule has 3 aromatic carbocycles. The van der Waals surface area contributed by atoms with Crippen molar-refractivity contribution in [1.29, 1.82) is 0 Å². The quantitative estimate of drug-likeness (QED) is 0.214. The summed E-state index contributed by atoms with van der Waals surface area (Å²) >= 11 is 9.12. The van der Waals surface area contributed by atoms with Crippen molar-refractivity contribution < 1.29 is 19.1 Å². The molecule has 2 N–H and O–H groups in total. The van der Waals surface area contributed by atoms with Gasteiger partial charge in [-0.3, -0.25) is 9.59 Å². The Labute approximate surface area is 197 Å². The number of esters is 1. The molecule has 0 saturated carbocycles. The summed E-state index contributed by atoms with van der Waals surface area (Å²) in [6.07, 6.45) is 1.35. The Morgan fingerprint density at radius 2 is 1.72 bits per heavy atom. The van der Waals surface area contributed by atoms with E-state index in [0.717, 1.165) is 4.47 Å². The van der Waals surface area contributed by atoms with Crippen LogP contribution in [0, 0.1) is 0 Å². The predicted molar refractivity (Wildman–Crippen MR) is 125 cm³/mol. The fourth-order valence-electron chi connectivity index (χ4n) is 2.53. The lowest BCUT2D eigenvalue weighted by atomic mass is 10.2. The topological polar surface area (TPSA) is 96.9 Å². The number of hydrogen-bond acceptors (Lipinski definition) is 5. The number of benzene rings is 3. The van der Waals surface area contributed by atoms with E-state index in [0.29, 0.717) is 21.7 Å². The van der Waals surface area contributed by atoms with Gasteiger partial charge in [0, 0.05) is 20.6 Å². The van der Waals surface area contributed by atoms with Crippen LogP contribution in [0.1, 0.15) is 26.3 Å². The van der Waals surface area contributed by atoms with E-state index in [1.807, 2.05) is 0 Å². The Kier molecular flexibility index (Phi) is 8.13. The van der Waals surface area contributed by atoms with E-state index in [2.05, 4.69) is 31.8 Å². The number of nitrogens with one attached hydrogen (secondary N) is 2.